The molecular weight excluding hydrogens is 298 g/mol. The summed E-state index contributed by atoms with van der Waals surface area (Å²) in [5.74, 6) is 1.14. The van der Waals surface area contributed by atoms with E-state index in [0.29, 0.717) is 0 Å². The lowest BCUT2D eigenvalue weighted by atomic mass is 10.1. The van der Waals surface area contributed by atoms with E-state index in [1.807, 2.05) is 23.1 Å². The summed E-state index contributed by atoms with van der Waals surface area (Å²) < 4.78 is 0. The van der Waals surface area contributed by atoms with Gasteiger partial charge in [0.1, 0.15) is 0 Å². The summed E-state index contributed by atoms with van der Waals surface area (Å²) in [7, 11) is 0. The van der Waals surface area contributed by atoms with E-state index in [1.165, 1.54) is 27.5 Å². The first kappa shape index (κ1) is 14.9. The molecule has 3 N–H and O–H groups in total. The van der Waals surface area contributed by atoms with E-state index in [9.17, 15) is 0 Å². The minimum absolute atomic E-state index is 0.792. The standard InChI is InChI=1S/C16H21N3S2/c17-9-4-1-5-10-18-16-19-15-12-6-2-3-7-13(12)20-11-8-14(15)21-16/h2-3,6-7H,1,4-5,8-11,17H2,(H,18,19). The number of fused-ring (bicyclic) bond motifs is 3. The van der Waals surface area contributed by atoms with Crippen molar-refractivity contribution in [1.82, 2.24) is 4.98 Å². The van der Waals surface area contributed by atoms with Gasteiger partial charge in [-0.3, -0.25) is 0 Å². The van der Waals surface area contributed by atoms with Gasteiger partial charge in [0.15, 0.2) is 5.13 Å². The van der Waals surface area contributed by atoms with Crippen LogP contribution >= 0.6 is 23.1 Å². The van der Waals surface area contributed by atoms with E-state index < -0.39 is 0 Å². The maximum atomic E-state index is 5.52. The molecule has 0 radical (unpaired) electrons. The van der Waals surface area contributed by atoms with Crippen molar-refractivity contribution in [3.8, 4) is 11.3 Å². The smallest absolute Gasteiger partial charge is 0.183 e. The largest absolute Gasteiger partial charge is 0.361 e. The number of thioether (sulfide) groups is 1. The number of nitrogens with zero attached hydrogens (tertiary/aromatic N) is 1. The number of anilines is 1. The average Bonchev–Trinajstić information content (AvgIpc) is 2.83. The third-order valence-electron chi connectivity index (χ3n) is 3.58. The zero-order valence-corrected chi connectivity index (χ0v) is 13.7. The summed E-state index contributed by atoms with van der Waals surface area (Å²) in [5.41, 5.74) is 7.99. The number of rotatable bonds is 6. The summed E-state index contributed by atoms with van der Waals surface area (Å²) in [6.45, 7) is 1.78. The molecule has 1 aromatic carbocycles. The normalized spacial score (nSPS) is 13.4. The Morgan fingerprint density at radius 3 is 3.00 bits per heavy atom. The Morgan fingerprint density at radius 2 is 2.10 bits per heavy atom. The van der Waals surface area contributed by atoms with E-state index in [-0.39, 0.29) is 0 Å². The van der Waals surface area contributed by atoms with Crippen molar-refractivity contribution >= 4 is 28.2 Å². The molecule has 0 bridgehead atoms. The van der Waals surface area contributed by atoms with Crippen molar-refractivity contribution in [2.45, 2.75) is 30.6 Å². The molecule has 1 aromatic heterocycles. The van der Waals surface area contributed by atoms with Crippen molar-refractivity contribution < 1.29 is 0 Å². The molecule has 1 aliphatic rings. The number of hydrogen-bond acceptors (Lipinski definition) is 5. The summed E-state index contributed by atoms with van der Waals surface area (Å²) in [6.07, 6.45) is 4.57. The lowest BCUT2D eigenvalue weighted by Crippen LogP contribution is -2.03. The van der Waals surface area contributed by atoms with Crippen molar-refractivity contribution in [3.63, 3.8) is 0 Å². The van der Waals surface area contributed by atoms with E-state index in [4.69, 9.17) is 10.7 Å². The fourth-order valence-electron chi connectivity index (χ4n) is 2.49. The topological polar surface area (TPSA) is 50.9 Å². The first-order chi connectivity index (χ1) is 10.4. The van der Waals surface area contributed by atoms with Gasteiger partial charge in [0, 0.05) is 27.6 Å². The third kappa shape index (κ3) is 3.59. The summed E-state index contributed by atoms with van der Waals surface area (Å²) in [5, 5.41) is 4.54. The molecule has 1 aliphatic heterocycles. The van der Waals surface area contributed by atoms with Crippen LogP contribution in [-0.2, 0) is 6.42 Å². The molecule has 0 unspecified atom stereocenters. The third-order valence-corrected chi connectivity index (χ3v) is 5.73. The number of unbranched alkanes of at least 4 members (excludes halogenated alkanes) is 2. The second-order valence-electron chi connectivity index (χ2n) is 5.16. The van der Waals surface area contributed by atoms with E-state index in [1.54, 1.807) is 0 Å². The van der Waals surface area contributed by atoms with Crippen molar-refractivity contribution in [1.29, 1.82) is 0 Å². The molecule has 112 valence electrons. The van der Waals surface area contributed by atoms with Gasteiger partial charge in [0.05, 0.1) is 5.69 Å². The van der Waals surface area contributed by atoms with Gasteiger partial charge in [-0.15, -0.1) is 23.1 Å². The Labute approximate surface area is 134 Å². The number of aryl methyl sites for hydroxylation is 1. The highest BCUT2D eigenvalue weighted by Crippen LogP contribution is 2.40. The molecule has 0 amide bonds. The molecule has 3 nitrogen and oxygen atoms in total. The molecule has 2 aromatic rings. The van der Waals surface area contributed by atoms with Crippen LogP contribution in [0.5, 0.6) is 0 Å². The minimum atomic E-state index is 0.792. The van der Waals surface area contributed by atoms with Crippen LogP contribution in [0.2, 0.25) is 0 Å². The molecule has 3 rings (SSSR count). The number of aromatic nitrogens is 1. The summed E-state index contributed by atoms with van der Waals surface area (Å²) >= 11 is 3.75. The monoisotopic (exact) mass is 319 g/mol. The van der Waals surface area contributed by atoms with E-state index in [2.05, 4.69) is 29.6 Å². The molecule has 0 spiro atoms. The highest BCUT2D eigenvalue weighted by molar-refractivity contribution is 7.99. The van der Waals surface area contributed by atoms with Crippen molar-refractivity contribution in [2.24, 2.45) is 5.73 Å². The van der Waals surface area contributed by atoms with Crippen LogP contribution in [0.25, 0.3) is 11.3 Å². The van der Waals surface area contributed by atoms with Gasteiger partial charge in [0.2, 0.25) is 0 Å². The molecule has 0 atom stereocenters. The lowest BCUT2D eigenvalue weighted by molar-refractivity contribution is 0.707. The van der Waals surface area contributed by atoms with Crippen LogP contribution < -0.4 is 11.1 Å². The van der Waals surface area contributed by atoms with Crippen LogP contribution in [0.15, 0.2) is 29.2 Å². The Balaban J connectivity index is 1.72. The SMILES string of the molecule is NCCCCCNc1nc2c(s1)CCSc1ccccc1-2. The lowest BCUT2D eigenvalue weighted by Gasteiger charge is -2.04. The van der Waals surface area contributed by atoms with Crippen molar-refractivity contribution in [3.05, 3.63) is 29.1 Å². The first-order valence-electron chi connectivity index (χ1n) is 7.54. The molecular formula is C16H21N3S2. The molecule has 0 saturated heterocycles. The summed E-state index contributed by atoms with van der Waals surface area (Å²) in [6, 6.07) is 8.61. The molecule has 21 heavy (non-hydrogen) atoms. The van der Waals surface area contributed by atoms with Gasteiger partial charge < -0.3 is 11.1 Å². The van der Waals surface area contributed by atoms with Gasteiger partial charge in [0.25, 0.3) is 0 Å². The van der Waals surface area contributed by atoms with Gasteiger partial charge in [-0.05, 0) is 31.9 Å². The number of nitrogens with two attached hydrogens (primary N) is 1. The van der Waals surface area contributed by atoms with Crippen molar-refractivity contribution in [2.75, 3.05) is 24.2 Å². The average molecular weight is 319 g/mol. The quantitative estimate of drug-likeness (QED) is 0.790. The van der Waals surface area contributed by atoms with Crippen LogP contribution in [0.1, 0.15) is 24.1 Å². The predicted octanol–water partition coefficient (Wildman–Crippen LogP) is 4.00. The highest BCUT2D eigenvalue weighted by Gasteiger charge is 2.19. The Hall–Kier alpha value is -1.04. The van der Waals surface area contributed by atoms with E-state index in [0.717, 1.165) is 43.2 Å². The fraction of sp³-hybridized carbons (Fsp3) is 0.438. The Bertz CT molecular complexity index is 595. The predicted molar refractivity (Wildman–Crippen MR) is 93.4 cm³/mol. The number of nitrogens with one attached hydrogen (secondary N) is 1. The maximum absolute atomic E-state index is 5.52. The Morgan fingerprint density at radius 1 is 1.19 bits per heavy atom. The molecule has 0 fully saturated rings. The first-order valence-corrected chi connectivity index (χ1v) is 9.34. The van der Waals surface area contributed by atoms with Crippen LogP contribution in [0.4, 0.5) is 5.13 Å². The van der Waals surface area contributed by atoms with Gasteiger partial charge >= 0.3 is 0 Å². The van der Waals surface area contributed by atoms with Crippen LogP contribution in [0, 0.1) is 0 Å². The molecule has 2 heterocycles. The number of benzene rings is 1. The Kier molecular flexibility index (Phi) is 5.17. The molecule has 0 aliphatic carbocycles. The molecule has 5 heteroatoms. The fourth-order valence-corrected chi connectivity index (χ4v) is 4.64. The minimum Gasteiger partial charge on any atom is -0.361 e. The molecule has 0 saturated carbocycles. The number of hydrogen-bond donors (Lipinski definition) is 2. The maximum Gasteiger partial charge on any atom is 0.183 e. The second-order valence-corrected chi connectivity index (χ2v) is 7.38. The van der Waals surface area contributed by atoms with Gasteiger partial charge in [-0.1, -0.05) is 24.6 Å². The van der Waals surface area contributed by atoms with E-state index >= 15 is 0 Å². The zero-order valence-electron chi connectivity index (χ0n) is 12.1. The second kappa shape index (κ2) is 7.29. The van der Waals surface area contributed by atoms with Crippen LogP contribution in [0.3, 0.4) is 0 Å². The summed E-state index contributed by atoms with van der Waals surface area (Å²) in [4.78, 5) is 7.61. The highest BCUT2D eigenvalue weighted by atomic mass is 32.2. The number of thiazole rings is 1. The van der Waals surface area contributed by atoms with Gasteiger partial charge in [-0.25, -0.2) is 4.98 Å². The van der Waals surface area contributed by atoms with Gasteiger partial charge in [-0.2, -0.15) is 0 Å². The zero-order chi connectivity index (χ0) is 14.5. The van der Waals surface area contributed by atoms with Crippen LogP contribution in [-0.4, -0.2) is 23.8 Å².